The Hall–Kier alpha value is -0.570. The second kappa shape index (κ2) is 7.13. The number of hydrogen-bond acceptors (Lipinski definition) is 2. The van der Waals surface area contributed by atoms with Crippen LogP contribution in [0.5, 0.6) is 0 Å². The number of ether oxygens (including phenoxy) is 1. The van der Waals surface area contributed by atoms with Gasteiger partial charge in [0.15, 0.2) is 0 Å². The summed E-state index contributed by atoms with van der Waals surface area (Å²) in [5.41, 5.74) is 1.29. The highest BCUT2D eigenvalue weighted by Gasteiger charge is 2.18. The normalized spacial score (nSPS) is 21.8. The quantitative estimate of drug-likeness (QED) is 0.883. The van der Waals surface area contributed by atoms with Crippen LogP contribution in [-0.4, -0.2) is 25.8 Å². The summed E-state index contributed by atoms with van der Waals surface area (Å²) in [6, 6.07) is 8.59. The van der Waals surface area contributed by atoms with Gasteiger partial charge in [0.05, 0.1) is 6.10 Å². The van der Waals surface area contributed by atoms with Crippen LogP contribution in [0.15, 0.2) is 24.3 Å². The fraction of sp³-hybridized carbons (Fsp3) is 0.600. The van der Waals surface area contributed by atoms with E-state index in [0.29, 0.717) is 12.1 Å². The summed E-state index contributed by atoms with van der Waals surface area (Å²) in [4.78, 5) is 0. The third kappa shape index (κ3) is 4.27. The van der Waals surface area contributed by atoms with E-state index in [-0.39, 0.29) is 0 Å². The summed E-state index contributed by atoms with van der Waals surface area (Å²) >= 11 is 6.02. The molecule has 1 saturated heterocycles. The van der Waals surface area contributed by atoms with E-state index in [2.05, 4.69) is 11.4 Å². The molecule has 2 unspecified atom stereocenters. The van der Waals surface area contributed by atoms with E-state index in [4.69, 9.17) is 16.3 Å². The fourth-order valence-electron chi connectivity index (χ4n) is 2.56. The number of hydrogen-bond donors (Lipinski definition) is 1. The van der Waals surface area contributed by atoms with Crippen LogP contribution in [0.4, 0.5) is 0 Å². The molecule has 2 atom stereocenters. The monoisotopic (exact) mass is 267 g/mol. The lowest BCUT2D eigenvalue weighted by molar-refractivity contribution is 0.00569. The molecule has 0 aliphatic carbocycles. The maximum atomic E-state index is 6.02. The van der Waals surface area contributed by atoms with Gasteiger partial charge in [-0.3, -0.25) is 0 Å². The third-order valence-corrected chi connectivity index (χ3v) is 3.84. The fourth-order valence-corrected chi connectivity index (χ4v) is 2.78. The van der Waals surface area contributed by atoms with Crippen molar-refractivity contribution in [3.63, 3.8) is 0 Å². The topological polar surface area (TPSA) is 21.3 Å². The Balaban J connectivity index is 1.88. The van der Waals surface area contributed by atoms with Crippen LogP contribution < -0.4 is 5.32 Å². The molecule has 1 fully saturated rings. The second-order valence-corrected chi connectivity index (χ2v) is 5.48. The molecule has 0 bridgehead atoms. The zero-order valence-corrected chi connectivity index (χ0v) is 11.7. The Morgan fingerprint density at radius 3 is 3.00 bits per heavy atom. The Bertz CT molecular complexity index is 363. The van der Waals surface area contributed by atoms with Crippen molar-refractivity contribution in [2.75, 3.05) is 13.7 Å². The zero-order valence-electron chi connectivity index (χ0n) is 11.0. The smallest absolute Gasteiger partial charge is 0.0590 e. The predicted molar refractivity (Wildman–Crippen MR) is 76.2 cm³/mol. The molecule has 18 heavy (non-hydrogen) atoms. The highest BCUT2D eigenvalue weighted by Crippen LogP contribution is 2.19. The van der Waals surface area contributed by atoms with Gasteiger partial charge >= 0.3 is 0 Å². The molecule has 2 nitrogen and oxygen atoms in total. The first-order valence-corrected chi connectivity index (χ1v) is 7.19. The van der Waals surface area contributed by atoms with Crippen molar-refractivity contribution >= 4 is 11.6 Å². The summed E-state index contributed by atoms with van der Waals surface area (Å²) < 4.78 is 5.81. The van der Waals surface area contributed by atoms with Crippen LogP contribution in [0.3, 0.4) is 0 Å². The van der Waals surface area contributed by atoms with E-state index in [9.17, 15) is 0 Å². The lowest BCUT2D eigenvalue weighted by Crippen LogP contribution is -2.34. The molecule has 0 radical (unpaired) electrons. The summed E-state index contributed by atoms with van der Waals surface area (Å²) in [7, 11) is 2.03. The van der Waals surface area contributed by atoms with E-state index in [1.165, 1.54) is 24.8 Å². The van der Waals surface area contributed by atoms with E-state index in [0.717, 1.165) is 24.5 Å². The summed E-state index contributed by atoms with van der Waals surface area (Å²) in [5.74, 6) is 0. The van der Waals surface area contributed by atoms with Gasteiger partial charge in [-0.2, -0.15) is 0 Å². The minimum Gasteiger partial charge on any atom is -0.378 e. The largest absolute Gasteiger partial charge is 0.378 e. The highest BCUT2D eigenvalue weighted by molar-refractivity contribution is 6.30. The van der Waals surface area contributed by atoms with Crippen LogP contribution in [0, 0.1) is 0 Å². The molecule has 1 heterocycles. The minimum atomic E-state index is 0.426. The maximum absolute atomic E-state index is 6.02. The molecule has 0 amide bonds. The molecule has 100 valence electrons. The van der Waals surface area contributed by atoms with Gasteiger partial charge in [-0.05, 0) is 56.8 Å². The van der Waals surface area contributed by atoms with Crippen molar-refractivity contribution in [2.24, 2.45) is 0 Å². The van der Waals surface area contributed by atoms with Crippen LogP contribution in [0.1, 0.15) is 31.2 Å². The van der Waals surface area contributed by atoms with Crippen LogP contribution in [-0.2, 0) is 11.2 Å². The molecular weight excluding hydrogens is 246 g/mol. The van der Waals surface area contributed by atoms with E-state index in [1.54, 1.807) is 0 Å². The van der Waals surface area contributed by atoms with E-state index in [1.807, 2.05) is 25.2 Å². The van der Waals surface area contributed by atoms with Crippen LogP contribution >= 0.6 is 11.6 Å². The lowest BCUT2D eigenvalue weighted by Gasteiger charge is -2.27. The zero-order chi connectivity index (χ0) is 12.8. The van der Waals surface area contributed by atoms with Gasteiger partial charge in [0, 0.05) is 17.7 Å². The Kier molecular flexibility index (Phi) is 5.48. The van der Waals surface area contributed by atoms with Gasteiger partial charge in [-0.1, -0.05) is 23.7 Å². The van der Waals surface area contributed by atoms with E-state index < -0.39 is 0 Å². The SMILES string of the molecule is CNC(Cc1cccc(Cl)c1)CC1CCCCO1. The highest BCUT2D eigenvalue weighted by atomic mass is 35.5. The summed E-state index contributed by atoms with van der Waals surface area (Å²) in [5, 5.41) is 4.21. The maximum Gasteiger partial charge on any atom is 0.0590 e. The van der Waals surface area contributed by atoms with Crippen LogP contribution in [0.25, 0.3) is 0 Å². The molecule has 1 aromatic carbocycles. The van der Waals surface area contributed by atoms with E-state index >= 15 is 0 Å². The summed E-state index contributed by atoms with van der Waals surface area (Å²) in [6.07, 6.45) is 6.25. The van der Waals surface area contributed by atoms with Crippen molar-refractivity contribution in [1.82, 2.24) is 5.32 Å². The lowest BCUT2D eigenvalue weighted by atomic mass is 9.97. The molecule has 2 rings (SSSR count). The number of likely N-dealkylation sites (N-methyl/N-ethyl adjacent to an activating group) is 1. The van der Waals surface area contributed by atoms with Gasteiger partial charge in [0.2, 0.25) is 0 Å². The molecule has 1 aliphatic rings. The Morgan fingerprint density at radius 2 is 2.33 bits per heavy atom. The number of nitrogens with one attached hydrogen (secondary N) is 1. The predicted octanol–water partition coefficient (Wildman–Crippen LogP) is 3.43. The van der Waals surface area contributed by atoms with Crippen molar-refractivity contribution in [1.29, 1.82) is 0 Å². The average molecular weight is 268 g/mol. The number of halogens is 1. The van der Waals surface area contributed by atoms with Crippen molar-refractivity contribution in [2.45, 2.75) is 44.2 Å². The second-order valence-electron chi connectivity index (χ2n) is 5.04. The molecular formula is C15H22ClNO. The first kappa shape index (κ1) is 13.9. The van der Waals surface area contributed by atoms with Gasteiger partial charge in [0.1, 0.15) is 0 Å². The van der Waals surface area contributed by atoms with Gasteiger partial charge < -0.3 is 10.1 Å². The Morgan fingerprint density at radius 1 is 1.44 bits per heavy atom. The van der Waals surface area contributed by atoms with Crippen molar-refractivity contribution < 1.29 is 4.74 Å². The van der Waals surface area contributed by atoms with Crippen LogP contribution in [0.2, 0.25) is 5.02 Å². The average Bonchev–Trinajstić information content (AvgIpc) is 2.39. The first-order chi connectivity index (χ1) is 8.78. The standard InChI is InChI=1S/C15H22ClNO/c1-17-14(11-15-7-2-3-8-18-15)10-12-5-4-6-13(16)9-12/h4-6,9,14-15,17H,2-3,7-8,10-11H2,1H3. The molecule has 1 aliphatic heterocycles. The van der Waals surface area contributed by atoms with Gasteiger partial charge in [-0.25, -0.2) is 0 Å². The molecule has 0 saturated carbocycles. The van der Waals surface area contributed by atoms with Crippen molar-refractivity contribution in [3.8, 4) is 0 Å². The Labute approximate surface area is 115 Å². The molecule has 1 aromatic rings. The first-order valence-electron chi connectivity index (χ1n) is 6.81. The summed E-state index contributed by atoms with van der Waals surface area (Å²) in [6.45, 7) is 0.929. The van der Waals surface area contributed by atoms with Gasteiger partial charge in [0.25, 0.3) is 0 Å². The molecule has 3 heteroatoms. The number of rotatable bonds is 5. The molecule has 0 aromatic heterocycles. The van der Waals surface area contributed by atoms with Gasteiger partial charge in [-0.15, -0.1) is 0 Å². The van der Waals surface area contributed by atoms with Crippen molar-refractivity contribution in [3.05, 3.63) is 34.9 Å². The number of benzene rings is 1. The minimum absolute atomic E-state index is 0.426. The third-order valence-electron chi connectivity index (χ3n) is 3.60. The molecule has 0 spiro atoms. The molecule has 1 N–H and O–H groups in total.